The Morgan fingerprint density at radius 3 is 1.67 bits per heavy atom. The van der Waals surface area contributed by atoms with E-state index in [0.29, 0.717) is 6.04 Å². The zero-order valence-corrected chi connectivity index (χ0v) is 10.0. The van der Waals surface area contributed by atoms with E-state index in [2.05, 4.69) is 6.92 Å². The van der Waals surface area contributed by atoms with Gasteiger partial charge in [-0.15, -0.1) is 0 Å². The van der Waals surface area contributed by atoms with Gasteiger partial charge in [0.1, 0.15) is 0 Å². The maximum absolute atomic E-state index is 6.69. The van der Waals surface area contributed by atoms with Gasteiger partial charge < -0.3 is 0 Å². The fraction of sp³-hybridized carbons (Fsp3) is 1.00. The van der Waals surface area contributed by atoms with E-state index in [9.17, 15) is 0 Å². The molecule has 10 fully saturated rings. The van der Waals surface area contributed by atoms with E-state index in [0.717, 1.165) is 4.31 Å². The van der Waals surface area contributed by atoms with Gasteiger partial charge in [-0.2, -0.15) is 0 Å². The standard InChI is InChI=1S/C8H12N.C5H5.Fe/c1-2-8(9)7-5-3-4-6-7;1-2-4-5-3-1;/h3-6,8H,2,9H2,1H3;1-5H;. The average Bonchev–Trinajstić information content (AvgIpc) is 3.18. The van der Waals surface area contributed by atoms with E-state index in [1.54, 1.807) is 0 Å². The van der Waals surface area contributed by atoms with Crippen LogP contribution in [0.25, 0.3) is 0 Å². The van der Waals surface area contributed by atoms with E-state index in [-0.39, 0.29) is 0 Å². The van der Waals surface area contributed by atoms with Crippen molar-refractivity contribution in [1.82, 2.24) is 0 Å². The molecule has 0 aromatic rings. The Balaban J connectivity index is 1.77. The zero-order valence-electron chi connectivity index (χ0n) is 8.91. The van der Waals surface area contributed by atoms with Crippen LogP contribution >= 0.6 is 0 Å². The molecule has 2 heteroatoms. The van der Waals surface area contributed by atoms with Crippen LogP contribution in [0.1, 0.15) is 13.3 Å². The third-order valence-corrected chi connectivity index (χ3v) is 58.5. The van der Waals surface area contributed by atoms with Gasteiger partial charge in [0.15, 0.2) is 0 Å². The van der Waals surface area contributed by atoms with Crippen LogP contribution in [0.3, 0.4) is 0 Å². The van der Waals surface area contributed by atoms with Crippen molar-refractivity contribution in [2.75, 3.05) is 0 Å². The van der Waals surface area contributed by atoms with E-state index < -0.39 is 6.51 Å². The molecule has 0 aromatic carbocycles. The summed E-state index contributed by atoms with van der Waals surface area (Å²) in [6, 6.07) is 0.687. The molecule has 0 aromatic heterocycles. The number of hydrogen-bond donors (Lipinski definition) is 1. The molecule has 10 aliphatic rings. The molecule has 0 saturated carbocycles. The Bertz CT molecular complexity index is 817. The maximum atomic E-state index is 6.69. The minimum absolute atomic E-state index is 0.687. The number of nitrogens with two attached hydrogens (primary N) is 1. The van der Waals surface area contributed by atoms with Crippen LogP contribution in [0, 0.1) is 0 Å². The molecule has 0 bridgehead atoms. The summed E-state index contributed by atoms with van der Waals surface area (Å²) in [5.41, 5.74) is 6.69. The van der Waals surface area contributed by atoms with Crippen molar-refractivity contribution in [3.8, 4) is 0 Å². The van der Waals surface area contributed by atoms with Crippen LogP contribution in [-0.2, 0) is 6.51 Å². The molecule has 0 radical (unpaired) electrons. The summed E-state index contributed by atoms with van der Waals surface area (Å²) < 4.78 is 0.980. The van der Waals surface area contributed by atoms with Crippen LogP contribution in [-0.4, -0.2) is 6.04 Å². The van der Waals surface area contributed by atoms with Gasteiger partial charge in [0.05, 0.1) is 0 Å². The molecule has 10 rings (SSSR count). The van der Waals surface area contributed by atoms with Crippen molar-refractivity contribution in [2.24, 2.45) is 5.73 Å². The molecule has 0 amide bonds. The van der Waals surface area contributed by atoms with Crippen molar-refractivity contribution >= 4 is 0 Å². The van der Waals surface area contributed by atoms with Gasteiger partial charge in [-0.25, -0.2) is 0 Å². The minimum atomic E-state index is -2.75. The van der Waals surface area contributed by atoms with Crippen molar-refractivity contribution in [1.29, 1.82) is 0 Å². The second kappa shape index (κ2) is 0.387. The molecule has 10 saturated heterocycles. The van der Waals surface area contributed by atoms with Crippen LogP contribution in [0.5, 0.6) is 0 Å². The first-order valence-electron chi connectivity index (χ1n) is 7.00. The number of rotatable bonds is 2. The van der Waals surface area contributed by atoms with E-state index in [1.165, 1.54) is 49.8 Å². The number of hydrogen-bond acceptors (Lipinski definition) is 1. The summed E-state index contributed by atoms with van der Waals surface area (Å²) in [4.78, 5) is 13.1. The summed E-state index contributed by atoms with van der Waals surface area (Å²) in [6.45, 7) is -0.380. The fourth-order valence-corrected chi connectivity index (χ4v) is 93.1. The topological polar surface area (TPSA) is 26.0 Å². The average molecular weight is 243 g/mol. The third-order valence-electron chi connectivity index (χ3n) is 15.8. The molecule has 10 heterocycles. The molecule has 10 aliphatic heterocycles. The quantitative estimate of drug-likeness (QED) is 0.738. The summed E-state index contributed by atoms with van der Waals surface area (Å²) in [7, 11) is 0. The van der Waals surface area contributed by atoms with Crippen LogP contribution in [0.15, 0.2) is 0 Å². The van der Waals surface area contributed by atoms with Crippen LogP contribution in [0.2, 0.25) is 47.7 Å². The Labute approximate surface area is 79.4 Å². The predicted molar refractivity (Wildman–Crippen MR) is 54.7 cm³/mol. The Morgan fingerprint density at radius 2 is 1.47 bits per heavy atom. The van der Waals surface area contributed by atoms with Gasteiger partial charge in [0.2, 0.25) is 0 Å². The summed E-state index contributed by atoms with van der Waals surface area (Å²) >= 11 is 0. The van der Waals surface area contributed by atoms with E-state index in [1.807, 2.05) is 0 Å². The summed E-state index contributed by atoms with van der Waals surface area (Å²) in [5, 5.41) is 0. The molecule has 15 heavy (non-hydrogen) atoms. The summed E-state index contributed by atoms with van der Waals surface area (Å²) in [6.07, 6.45) is 1.31. The molecule has 1 nitrogen and oxygen atoms in total. The molecular weight excluding hydrogens is 226 g/mol. The predicted octanol–water partition coefficient (Wildman–Crippen LogP) is 3.48. The first-order chi connectivity index (χ1) is 7.03. The Hall–Kier alpha value is 0.479. The van der Waals surface area contributed by atoms with Crippen molar-refractivity contribution in [3.63, 3.8) is 0 Å². The van der Waals surface area contributed by atoms with Crippen LogP contribution in [0.4, 0.5) is 0 Å². The molecule has 1 spiro atoms. The molecule has 5 unspecified atom stereocenters. The normalized spacial score (nSPS) is 136. The molecule has 0 aliphatic carbocycles. The van der Waals surface area contributed by atoms with Gasteiger partial charge in [-0.3, -0.25) is 0 Å². The summed E-state index contributed by atoms with van der Waals surface area (Å²) in [5.74, 6) is 0. The molecule has 5 atom stereocenters. The van der Waals surface area contributed by atoms with Gasteiger partial charge in [-0.05, 0) is 0 Å². The van der Waals surface area contributed by atoms with Gasteiger partial charge >= 0.3 is 79.3 Å². The first kappa shape index (κ1) is 5.42. The van der Waals surface area contributed by atoms with Gasteiger partial charge in [-0.1, -0.05) is 0 Å². The molecule has 82 valence electrons. The van der Waals surface area contributed by atoms with Gasteiger partial charge in [0.25, 0.3) is 0 Å². The Kier molecular flexibility index (Phi) is 0.140. The zero-order chi connectivity index (χ0) is 9.30. The van der Waals surface area contributed by atoms with Crippen molar-refractivity contribution in [3.05, 3.63) is 0 Å². The van der Waals surface area contributed by atoms with E-state index in [4.69, 9.17) is 5.73 Å². The van der Waals surface area contributed by atoms with E-state index >= 15 is 0 Å². The second-order valence-corrected chi connectivity index (χ2v) is 34.4. The molecular formula is C13H17FeN. The number of fused-ring (bicyclic) bond motifs is 10. The molecule has 2 N–H and O–H groups in total. The van der Waals surface area contributed by atoms with Crippen molar-refractivity contribution < 1.29 is 6.51 Å². The second-order valence-electron chi connectivity index (χ2n) is 10.8. The van der Waals surface area contributed by atoms with Gasteiger partial charge in [0, 0.05) is 0 Å². The fourth-order valence-electron chi connectivity index (χ4n) is 17.7. The third kappa shape index (κ3) is 0.0460. The first-order valence-corrected chi connectivity index (χ1v) is 13.3. The monoisotopic (exact) mass is 243 g/mol. The SMILES string of the molecule is CCC(N)[C]12[CH]3[CH]4[CH]5[CH]1[Fe]45321678[CH]2[CH]1[CH]6[CH]7[CH]28. The Morgan fingerprint density at radius 1 is 1.00 bits per heavy atom. The van der Waals surface area contributed by atoms with Crippen molar-refractivity contribution in [2.45, 2.75) is 67.0 Å². The van der Waals surface area contributed by atoms with Crippen LogP contribution < -0.4 is 5.73 Å².